The summed E-state index contributed by atoms with van der Waals surface area (Å²) in [6, 6.07) is 6.89. The topological polar surface area (TPSA) is 32.3 Å². The van der Waals surface area contributed by atoms with E-state index in [-0.39, 0.29) is 5.91 Å². The van der Waals surface area contributed by atoms with Crippen LogP contribution in [0.5, 0.6) is 0 Å². The zero-order valence-corrected chi connectivity index (χ0v) is 15.4. The third-order valence-electron chi connectivity index (χ3n) is 4.92. The fourth-order valence-electron chi connectivity index (χ4n) is 3.45. The van der Waals surface area contributed by atoms with Gasteiger partial charge in [-0.05, 0) is 49.3 Å². The summed E-state index contributed by atoms with van der Waals surface area (Å²) in [4.78, 5) is 14.9. The number of hydrogen-bond donors (Lipinski definition) is 1. The second-order valence-corrected chi connectivity index (χ2v) is 7.48. The van der Waals surface area contributed by atoms with Crippen LogP contribution in [-0.2, 0) is 4.79 Å². The van der Waals surface area contributed by atoms with E-state index in [2.05, 4.69) is 63.0 Å². The fraction of sp³-hybridized carbons (Fsp3) is 0.650. The Hall–Kier alpha value is -1.35. The van der Waals surface area contributed by atoms with Crippen molar-refractivity contribution < 1.29 is 4.79 Å². The van der Waals surface area contributed by atoms with Gasteiger partial charge < -0.3 is 5.32 Å². The number of benzene rings is 1. The SMILES string of the molecule is CC(C)c1cccc(C(C)C)c1NC(=O)CN1CCCCC1C. The van der Waals surface area contributed by atoms with E-state index in [0.29, 0.717) is 24.4 Å². The van der Waals surface area contributed by atoms with E-state index in [9.17, 15) is 4.79 Å². The number of anilines is 1. The van der Waals surface area contributed by atoms with Crippen molar-refractivity contribution in [1.29, 1.82) is 0 Å². The van der Waals surface area contributed by atoms with Crippen LogP contribution in [0.4, 0.5) is 5.69 Å². The van der Waals surface area contributed by atoms with Crippen molar-refractivity contribution in [2.45, 2.75) is 71.8 Å². The first-order valence-electron chi connectivity index (χ1n) is 9.06. The highest BCUT2D eigenvalue weighted by atomic mass is 16.2. The van der Waals surface area contributed by atoms with Crippen LogP contribution in [0.1, 0.15) is 76.8 Å². The molecule has 1 heterocycles. The van der Waals surface area contributed by atoms with Crippen LogP contribution in [-0.4, -0.2) is 29.9 Å². The number of rotatable bonds is 5. The van der Waals surface area contributed by atoms with Gasteiger partial charge in [-0.25, -0.2) is 0 Å². The first-order valence-corrected chi connectivity index (χ1v) is 9.06. The molecule has 3 nitrogen and oxygen atoms in total. The number of hydrogen-bond acceptors (Lipinski definition) is 2. The third kappa shape index (κ3) is 4.57. The Labute approximate surface area is 141 Å². The lowest BCUT2D eigenvalue weighted by Crippen LogP contribution is -2.42. The van der Waals surface area contributed by atoms with Crippen LogP contribution in [0, 0.1) is 0 Å². The van der Waals surface area contributed by atoms with Gasteiger partial charge in [-0.15, -0.1) is 0 Å². The molecule has 1 amide bonds. The maximum atomic E-state index is 12.6. The Morgan fingerprint density at radius 3 is 2.30 bits per heavy atom. The van der Waals surface area contributed by atoms with Crippen LogP contribution in [0.3, 0.4) is 0 Å². The van der Waals surface area contributed by atoms with E-state index in [1.165, 1.54) is 30.4 Å². The second kappa shape index (κ2) is 7.96. The smallest absolute Gasteiger partial charge is 0.238 e. The molecule has 1 aliphatic rings. The fourth-order valence-corrected chi connectivity index (χ4v) is 3.45. The molecule has 1 atom stereocenters. The molecule has 0 aliphatic carbocycles. The molecular weight excluding hydrogens is 284 g/mol. The van der Waals surface area contributed by atoms with Crippen molar-refractivity contribution in [2.24, 2.45) is 0 Å². The highest BCUT2D eigenvalue weighted by molar-refractivity contribution is 5.94. The summed E-state index contributed by atoms with van der Waals surface area (Å²) >= 11 is 0. The number of nitrogens with one attached hydrogen (secondary N) is 1. The minimum Gasteiger partial charge on any atom is -0.324 e. The van der Waals surface area contributed by atoms with Gasteiger partial charge in [0.25, 0.3) is 0 Å². The molecule has 0 spiro atoms. The molecule has 0 radical (unpaired) electrons. The molecule has 0 aromatic heterocycles. The Morgan fingerprint density at radius 2 is 1.78 bits per heavy atom. The maximum Gasteiger partial charge on any atom is 0.238 e. The molecule has 3 heteroatoms. The Morgan fingerprint density at radius 1 is 1.17 bits per heavy atom. The van der Waals surface area contributed by atoms with Crippen molar-refractivity contribution in [3.05, 3.63) is 29.3 Å². The molecule has 1 aromatic rings. The average molecular weight is 316 g/mol. The van der Waals surface area contributed by atoms with E-state index in [1.807, 2.05) is 0 Å². The predicted octanol–water partition coefficient (Wildman–Crippen LogP) is 4.75. The molecule has 0 saturated carbocycles. The minimum absolute atomic E-state index is 0.119. The average Bonchev–Trinajstić information content (AvgIpc) is 2.49. The van der Waals surface area contributed by atoms with Crippen molar-refractivity contribution in [2.75, 3.05) is 18.4 Å². The van der Waals surface area contributed by atoms with Gasteiger partial charge in [0.05, 0.1) is 6.54 Å². The molecule has 1 aromatic carbocycles. The van der Waals surface area contributed by atoms with E-state index >= 15 is 0 Å². The number of amides is 1. The number of piperidine rings is 1. The van der Waals surface area contributed by atoms with E-state index in [0.717, 1.165) is 12.2 Å². The third-order valence-corrected chi connectivity index (χ3v) is 4.92. The van der Waals surface area contributed by atoms with Crippen LogP contribution >= 0.6 is 0 Å². The number of carbonyl (C=O) groups excluding carboxylic acids is 1. The Bertz CT molecular complexity index is 510. The van der Waals surface area contributed by atoms with Crippen molar-refractivity contribution in [1.82, 2.24) is 4.90 Å². The molecule has 23 heavy (non-hydrogen) atoms. The van der Waals surface area contributed by atoms with Crippen LogP contribution < -0.4 is 5.32 Å². The second-order valence-electron chi connectivity index (χ2n) is 7.48. The Balaban J connectivity index is 2.16. The predicted molar refractivity (Wildman–Crippen MR) is 98.1 cm³/mol. The summed E-state index contributed by atoms with van der Waals surface area (Å²) < 4.78 is 0. The maximum absolute atomic E-state index is 12.6. The monoisotopic (exact) mass is 316 g/mol. The minimum atomic E-state index is 0.119. The standard InChI is InChI=1S/C20H32N2O/c1-14(2)17-10-8-11-18(15(3)4)20(17)21-19(23)13-22-12-7-6-9-16(22)5/h8,10-11,14-16H,6-7,9,12-13H2,1-5H3,(H,21,23). The largest absolute Gasteiger partial charge is 0.324 e. The number of likely N-dealkylation sites (tertiary alicyclic amines) is 1. The Kier molecular flexibility index (Phi) is 6.23. The van der Waals surface area contributed by atoms with E-state index in [4.69, 9.17) is 0 Å². The number of para-hydroxylation sites is 1. The first-order chi connectivity index (χ1) is 10.9. The molecule has 1 aliphatic heterocycles. The zero-order chi connectivity index (χ0) is 17.0. The number of carbonyl (C=O) groups is 1. The molecule has 1 N–H and O–H groups in total. The molecule has 1 fully saturated rings. The van der Waals surface area contributed by atoms with Gasteiger partial charge in [0.1, 0.15) is 0 Å². The van der Waals surface area contributed by atoms with E-state index in [1.54, 1.807) is 0 Å². The van der Waals surface area contributed by atoms with Gasteiger partial charge in [0.2, 0.25) is 5.91 Å². The zero-order valence-electron chi connectivity index (χ0n) is 15.4. The lowest BCUT2D eigenvalue weighted by atomic mass is 9.92. The van der Waals surface area contributed by atoms with Gasteiger partial charge >= 0.3 is 0 Å². The summed E-state index contributed by atoms with van der Waals surface area (Å²) in [6.07, 6.45) is 3.69. The summed E-state index contributed by atoms with van der Waals surface area (Å²) in [5.74, 6) is 0.921. The molecule has 2 rings (SSSR count). The first kappa shape index (κ1) is 18.0. The summed E-state index contributed by atoms with van der Waals surface area (Å²) in [7, 11) is 0. The molecule has 1 unspecified atom stereocenters. The van der Waals surface area contributed by atoms with Crippen molar-refractivity contribution >= 4 is 11.6 Å². The highest BCUT2D eigenvalue weighted by Gasteiger charge is 2.22. The van der Waals surface area contributed by atoms with Crippen molar-refractivity contribution in [3.8, 4) is 0 Å². The van der Waals surface area contributed by atoms with Crippen LogP contribution in [0.25, 0.3) is 0 Å². The molecule has 128 valence electrons. The molecule has 1 saturated heterocycles. The highest BCUT2D eigenvalue weighted by Crippen LogP contribution is 2.32. The van der Waals surface area contributed by atoms with Gasteiger partial charge in [-0.2, -0.15) is 0 Å². The number of nitrogens with zero attached hydrogens (tertiary/aromatic N) is 1. The van der Waals surface area contributed by atoms with Gasteiger partial charge in [0, 0.05) is 11.7 Å². The van der Waals surface area contributed by atoms with Gasteiger partial charge in [0.15, 0.2) is 0 Å². The quantitative estimate of drug-likeness (QED) is 0.850. The van der Waals surface area contributed by atoms with Gasteiger partial charge in [-0.1, -0.05) is 52.3 Å². The van der Waals surface area contributed by atoms with E-state index < -0.39 is 0 Å². The summed E-state index contributed by atoms with van der Waals surface area (Å²) in [6.45, 7) is 12.5. The van der Waals surface area contributed by atoms with Crippen molar-refractivity contribution in [3.63, 3.8) is 0 Å². The molecule has 0 bridgehead atoms. The van der Waals surface area contributed by atoms with Gasteiger partial charge in [-0.3, -0.25) is 9.69 Å². The lowest BCUT2D eigenvalue weighted by Gasteiger charge is -2.32. The normalized spacial score (nSPS) is 19.3. The van der Waals surface area contributed by atoms with Crippen LogP contribution in [0.15, 0.2) is 18.2 Å². The lowest BCUT2D eigenvalue weighted by molar-refractivity contribution is -0.118. The van der Waals surface area contributed by atoms with Crippen LogP contribution in [0.2, 0.25) is 0 Å². The summed E-state index contributed by atoms with van der Waals surface area (Å²) in [5, 5.41) is 3.23. The molecular formula is C20H32N2O. The summed E-state index contributed by atoms with van der Waals surface area (Å²) in [5.41, 5.74) is 3.50.